The van der Waals surface area contributed by atoms with Crippen LogP contribution in [0.2, 0.25) is 0 Å². The summed E-state index contributed by atoms with van der Waals surface area (Å²) in [5.41, 5.74) is 6.32. The van der Waals surface area contributed by atoms with E-state index in [1.54, 1.807) is 11.3 Å². The number of hydrogen-bond acceptors (Lipinski definition) is 5. The largest absolute Gasteiger partial charge is 0.393 e. The van der Waals surface area contributed by atoms with Gasteiger partial charge in [0, 0.05) is 6.04 Å². The van der Waals surface area contributed by atoms with E-state index in [-0.39, 0.29) is 23.0 Å². The molecule has 110 valence electrons. The Morgan fingerprint density at radius 2 is 2.24 bits per heavy atom. The summed E-state index contributed by atoms with van der Waals surface area (Å²) in [5, 5.41) is 17.8. The molecule has 1 aromatic heterocycles. The number of benzene rings is 1. The van der Waals surface area contributed by atoms with Gasteiger partial charge in [-0.1, -0.05) is 6.07 Å². The van der Waals surface area contributed by atoms with Crippen molar-refractivity contribution in [2.75, 3.05) is 5.73 Å². The lowest BCUT2D eigenvalue weighted by molar-refractivity contribution is -0.384. The number of carbonyl (C=O) groups excluding carboxylic acids is 1. The van der Waals surface area contributed by atoms with Crippen molar-refractivity contribution in [1.29, 1.82) is 0 Å². The highest BCUT2D eigenvalue weighted by Crippen LogP contribution is 2.25. The summed E-state index contributed by atoms with van der Waals surface area (Å²) in [5.74, 6) is -0.489. The second kappa shape index (κ2) is 6.36. The maximum atomic E-state index is 12.2. The molecule has 0 bridgehead atoms. The number of thiophene rings is 1. The van der Waals surface area contributed by atoms with Gasteiger partial charge in [-0.3, -0.25) is 14.9 Å². The van der Waals surface area contributed by atoms with Gasteiger partial charge in [0.05, 0.1) is 4.92 Å². The summed E-state index contributed by atoms with van der Waals surface area (Å²) in [6, 6.07) is 6.19. The minimum atomic E-state index is -0.631. The second-order valence-electron chi connectivity index (χ2n) is 4.71. The molecule has 1 aromatic carbocycles. The monoisotopic (exact) mass is 305 g/mol. The number of para-hydroxylation sites is 1. The van der Waals surface area contributed by atoms with Crippen LogP contribution < -0.4 is 11.1 Å². The lowest BCUT2D eigenvalue weighted by Crippen LogP contribution is -2.34. The van der Waals surface area contributed by atoms with Crippen LogP contribution in [0, 0.1) is 10.1 Å². The highest BCUT2D eigenvalue weighted by atomic mass is 32.1. The number of rotatable bonds is 5. The third-order valence-electron chi connectivity index (χ3n) is 2.99. The van der Waals surface area contributed by atoms with Crippen molar-refractivity contribution in [3.63, 3.8) is 0 Å². The van der Waals surface area contributed by atoms with E-state index < -0.39 is 10.8 Å². The minimum Gasteiger partial charge on any atom is -0.393 e. The number of anilines is 1. The first-order valence-electron chi connectivity index (χ1n) is 6.34. The predicted octanol–water partition coefficient (Wildman–Crippen LogP) is 2.60. The summed E-state index contributed by atoms with van der Waals surface area (Å²) >= 11 is 1.59. The van der Waals surface area contributed by atoms with E-state index in [4.69, 9.17) is 5.73 Å². The van der Waals surface area contributed by atoms with Crippen molar-refractivity contribution < 1.29 is 9.72 Å². The molecule has 1 heterocycles. The van der Waals surface area contributed by atoms with Crippen LogP contribution in [0.25, 0.3) is 0 Å². The lowest BCUT2D eigenvalue weighted by atomic mass is 10.1. The van der Waals surface area contributed by atoms with E-state index in [1.807, 2.05) is 23.8 Å². The Morgan fingerprint density at radius 3 is 2.86 bits per heavy atom. The van der Waals surface area contributed by atoms with Gasteiger partial charge < -0.3 is 11.1 Å². The molecule has 0 radical (unpaired) electrons. The van der Waals surface area contributed by atoms with Crippen LogP contribution in [0.3, 0.4) is 0 Å². The van der Waals surface area contributed by atoms with E-state index in [0.717, 1.165) is 5.56 Å². The van der Waals surface area contributed by atoms with Crippen molar-refractivity contribution in [3.8, 4) is 0 Å². The van der Waals surface area contributed by atoms with Gasteiger partial charge >= 0.3 is 5.69 Å². The number of nitrogen functional groups attached to an aromatic ring is 1. The van der Waals surface area contributed by atoms with Crippen molar-refractivity contribution in [1.82, 2.24) is 5.32 Å². The number of carbonyl (C=O) groups is 1. The molecule has 7 heteroatoms. The van der Waals surface area contributed by atoms with Gasteiger partial charge in [0.2, 0.25) is 0 Å². The van der Waals surface area contributed by atoms with Gasteiger partial charge in [-0.15, -0.1) is 0 Å². The molecule has 1 unspecified atom stereocenters. The fraction of sp³-hybridized carbons (Fsp3) is 0.214. The van der Waals surface area contributed by atoms with E-state index in [0.29, 0.717) is 6.42 Å². The van der Waals surface area contributed by atoms with Crippen LogP contribution in [0.1, 0.15) is 22.8 Å². The van der Waals surface area contributed by atoms with Gasteiger partial charge in [0.1, 0.15) is 11.3 Å². The Bertz CT molecular complexity index is 655. The number of hydrogen-bond donors (Lipinski definition) is 2. The Morgan fingerprint density at radius 1 is 1.48 bits per heavy atom. The fourth-order valence-corrected chi connectivity index (χ4v) is 2.74. The van der Waals surface area contributed by atoms with Crippen LogP contribution in [0.15, 0.2) is 35.0 Å². The number of nitro benzene ring substituents is 1. The highest BCUT2D eigenvalue weighted by molar-refractivity contribution is 7.07. The van der Waals surface area contributed by atoms with Gasteiger partial charge in [0.15, 0.2) is 0 Å². The predicted molar refractivity (Wildman–Crippen MR) is 82.5 cm³/mol. The molecule has 6 nitrogen and oxygen atoms in total. The van der Waals surface area contributed by atoms with Crippen LogP contribution >= 0.6 is 11.3 Å². The lowest BCUT2D eigenvalue weighted by Gasteiger charge is -2.13. The van der Waals surface area contributed by atoms with Crippen LogP contribution in [0.4, 0.5) is 11.4 Å². The van der Waals surface area contributed by atoms with E-state index in [9.17, 15) is 14.9 Å². The number of amides is 1. The van der Waals surface area contributed by atoms with Crippen LogP contribution in [0.5, 0.6) is 0 Å². The van der Waals surface area contributed by atoms with E-state index >= 15 is 0 Å². The highest BCUT2D eigenvalue weighted by Gasteiger charge is 2.23. The number of nitrogens with two attached hydrogens (primary N) is 1. The molecule has 0 aliphatic heterocycles. The molecule has 0 spiro atoms. The average Bonchev–Trinajstić information content (AvgIpc) is 2.90. The first kappa shape index (κ1) is 15.0. The summed E-state index contributed by atoms with van der Waals surface area (Å²) in [6.45, 7) is 1.85. The third kappa shape index (κ3) is 3.57. The first-order chi connectivity index (χ1) is 9.99. The summed E-state index contributed by atoms with van der Waals surface area (Å²) < 4.78 is 0. The molecule has 0 aliphatic rings. The van der Waals surface area contributed by atoms with Crippen molar-refractivity contribution >= 4 is 28.6 Å². The Labute approximate surface area is 125 Å². The summed E-state index contributed by atoms with van der Waals surface area (Å²) in [4.78, 5) is 22.6. The molecule has 0 fully saturated rings. The second-order valence-corrected chi connectivity index (χ2v) is 5.49. The third-order valence-corrected chi connectivity index (χ3v) is 3.73. The number of nitrogens with one attached hydrogen (secondary N) is 1. The zero-order chi connectivity index (χ0) is 15.4. The maximum Gasteiger partial charge on any atom is 0.304 e. The Hall–Kier alpha value is -2.41. The molecular weight excluding hydrogens is 290 g/mol. The SMILES string of the molecule is CC(Cc1ccsc1)NC(=O)c1cccc(N)c1[N+](=O)[O-]. The van der Waals surface area contributed by atoms with Gasteiger partial charge in [-0.2, -0.15) is 11.3 Å². The molecule has 2 rings (SSSR count). The van der Waals surface area contributed by atoms with Gasteiger partial charge in [-0.05, 0) is 47.9 Å². The van der Waals surface area contributed by atoms with E-state index in [2.05, 4.69) is 5.32 Å². The molecule has 0 aliphatic carbocycles. The minimum absolute atomic E-state index is 0.0156. The van der Waals surface area contributed by atoms with Crippen LogP contribution in [-0.4, -0.2) is 16.9 Å². The quantitative estimate of drug-likeness (QED) is 0.504. The molecule has 21 heavy (non-hydrogen) atoms. The Kier molecular flexibility index (Phi) is 4.54. The van der Waals surface area contributed by atoms with Crippen molar-refractivity contribution in [2.45, 2.75) is 19.4 Å². The average molecular weight is 305 g/mol. The normalized spacial score (nSPS) is 11.9. The summed E-state index contributed by atoms with van der Waals surface area (Å²) in [6.07, 6.45) is 0.672. The number of nitro groups is 1. The molecular formula is C14H15N3O3S. The zero-order valence-corrected chi connectivity index (χ0v) is 12.2. The van der Waals surface area contributed by atoms with Crippen molar-refractivity contribution in [2.24, 2.45) is 0 Å². The van der Waals surface area contributed by atoms with Crippen molar-refractivity contribution in [3.05, 3.63) is 56.3 Å². The smallest absolute Gasteiger partial charge is 0.304 e. The molecule has 0 saturated heterocycles. The molecule has 0 saturated carbocycles. The van der Waals surface area contributed by atoms with Gasteiger partial charge in [-0.25, -0.2) is 0 Å². The first-order valence-corrected chi connectivity index (χ1v) is 7.28. The van der Waals surface area contributed by atoms with Gasteiger partial charge in [0.25, 0.3) is 5.91 Å². The number of nitrogens with zero attached hydrogens (tertiary/aromatic N) is 1. The van der Waals surface area contributed by atoms with Crippen LogP contribution in [-0.2, 0) is 6.42 Å². The van der Waals surface area contributed by atoms with E-state index in [1.165, 1.54) is 18.2 Å². The zero-order valence-electron chi connectivity index (χ0n) is 11.4. The Balaban J connectivity index is 2.13. The molecule has 3 N–H and O–H groups in total. The summed E-state index contributed by atoms with van der Waals surface area (Å²) in [7, 11) is 0. The maximum absolute atomic E-state index is 12.2. The molecule has 1 amide bonds. The molecule has 1 atom stereocenters. The molecule has 2 aromatic rings. The standard InChI is InChI=1S/C14H15N3O3S/c1-9(7-10-5-6-21-8-10)16-14(18)11-3-2-4-12(15)13(11)17(19)20/h2-6,8-9H,7,15H2,1H3,(H,16,18). The fourth-order valence-electron chi connectivity index (χ4n) is 2.06. The topological polar surface area (TPSA) is 98.3 Å².